The van der Waals surface area contributed by atoms with Crippen molar-refractivity contribution in [3.05, 3.63) is 88.0 Å². The van der Waals surface area contributed by atoms with Crippen molar-refractivity contribution in [2.75, 3.05) is 5.32 Å². The number of aromatic nitrogens is 5. The van der Waals surface area contributed by atoms with Gasteiger partial charge in [-0.1, -0.05) is 53.2 Å². The summed E-state index contributed by atoms with van der Waals surface area (Å²) in [6.07, 6.45) is 1.59. The molecule has 9 heteroatoms. The van der Waals surface area contributed by atoms with Crippen LogP contribution < -0.4 is 11.0 Å². The predicted octanol–water partition coefficient (Wildman–Crippen LogP) is 3.78. The minimum absolute atomic E-state index is 0.230. The summed E-state index contributed by atoms with van der Waals surface area (Å²) in [5, 5.41) is 11.3. The van der Waals surface area contributed by atoms with E-state index < -0.39 is 5.69 Å². The molecule has 5 aromatic rings. The van der Waals surface area contributed by atoms with Crippen LogP contribution in [0.3, 0.4) is 0 Å². The Morgan fingerprint density at radius 2 is 1.76 bits per heavy atom. The van der Waals surface area contributed by atoms with Crippen molar-refractivity contribution >= 4 is 17.2 Å². The fraction of sp³-hybridized carbons (Fsp3) is 0.160. The molecule has 170 valence electrons. The lowest BCUT2D eigenvalue weighted by atomic mass is 10.1. The number of nitrogens with zero attached hydrogens (tertiary/aromatic N) is 5. The highest BCUT2D eigenvalue weighted by atomic mass is 16.5. The first-order valence-electron chi connectivity index (χ1n) is 10.8. The number of hydrogen-bond acceptors (Lipinski definition) is 6. The molecule has 0 aliphatic carbocycles. The van der Waals surface area contributed by atoms with E-state index in [-0.39, 0.29) is 18.3 Å². The fourth-order valence-corrected chi connectivity index (χ4v) is 4.04. The van der Waals surface area contributed by atoms with Crippen molar-refractivity contribution in [1.29, 1.82) is 0 Å². The number of fused-ring (bicyclic) bond motifs is 1. The first-order valence-corrected chi connectivity index (χ1v) is 10.8. The van der Waals surface area contributed by atoms with Crippen LogP contribution in [0.4, 0.5) is 5.69 Å². The fourth-order valence-electron chi connectivity index (χ4n) is 4.04. The molecule has 3 heterocycles. The average molecular weight is 454 g/mol. The summed E-state index contributed by atoms with van der Waals surface area (Å²) in [5.74, 6) is 0.325. The molecule has 0 spiro atoms. The van der Waals surface area contributed by atoms with E-state index in [1.54, 1.807) is 18.3 Å². The summed E-state index contributed by atoms with van der Waals surface area (Å²) in [7, 11) is 0. The summed E-state index contributed by atoms with van der Waals surface area (Å²) in [5.41, 5.74) is 4.98. The molecule has 0 saturated heterocycles. The molecular weight excluding hydrogens is 432 g/mol. The molecule has 0 radical (unpaired) electrons. The molecule has 1 amide bonds. The molecule has 1 N–H and O–H groups in total. The van der Waals surface area contributed by atoms with Gasteiger partial charge in [-0.3, -0.25) is 4.79 Å². The van der Waals surface area contributed by atoms with E-state index in [0.29, 0.717) is 17.0 Å². The van der Waals surface area contributed by atoms with Crippen molar-refractivity contribution in [3.8, 4) is 22.8 Å². The topological polar surface area (TPSA) is 107 Å². The average Bonchev–Trinajstić information content (AvgIpc) is 3.42. The third kappa shape index (κ3) is 3.88. The van der Waals surface area contributed by atoms with Crippen LogP contribution >= 0.6 is 0 Å². The van der Waals surface area contributed by atoms with E-state index in [9.17, 15) is 9.59 Å². The van der Waals surface area contributed by atoms with Gasteiger partial charge < -0.3 is 9.84 Å². The third-order valence-corrected chi connectivity index (χ3v) is 5.53. The van der Waals surface area contributed by atoms with Crippen LogP contribution in [-0.2, 0) is 11.3 Å². The standard InChI is InChI=1S/C25H22N6O3/c1-15-12-16(2)21(17(3)13-15)26-20(32)14-31-25(33)30-11-7-10-19(23(30)28-31)24-27-22(29-34-24)18-8-5-4-6-9-18/h4-13H,14H2,1-3H3,(H,26,32). The van der Waals surface area contributed by atoms with Gasteiger partial charge >= 0.3 is 5.69 Å². The number of carbonyl (C=O) groups excluding carboxylic acids is 1. The number of amides is 1. The molecular formula is C25H22N6O3. The van der Waals surface area contributed by atoms with E-state index in [4.69, 9.17) is 4.52 Å². The monoisotopic (exact) mass is 454 g/mol. The molecule has 5 rings (SSSR count). The number of aryl methyl sites for hydroxylation is 3. The molecule has 0 aliphatic rings. The van der Waals surface area contributed by atoms with Gasteiger partial charge in [-0.25, -0.2) is 13.9 Å². The molecule has 0 aliphatic heterocycles. The number of anilines is 1. The number of hydrogen-bond donors (Lipinski definition) is 1. The maximum atomic E-state index is 12.9. The molecule has 9 nitrogen and oxygen atoms in total. The Bertz CT molecular complexity index is 1560. The van der Waals surface area contributed by atoms with Gasteiger partial charge in [-0.05, 0) is 44.0 Å². The molecule has 0 atom stereocenters. The third-order valence-electron chi connectivity index (χ3n) is 5.53. The lowest BCUT2D eigenvalue weighted by molar-refractivity contribution is -0.117. The van der Waals surface area contributed by atoms with Gasteiger partial charge in [0.1, 0.15) is 6.54 Å². The number of benzene rings is 2. The first-order chi connectivity index (χ1) is 16.4. The van der Waals surface area contributed by atoms with Crippen LogP contribution in [0.5, 0.6) is 0 Å². The van der Waals surface area contributed by atoms with Gasteiger partial charge in [0.25, 0.3) is 5.89 Å². The van der Waals surface area contributed by atoms with E-state index in [1.165, 1.54) is 4.40 Å². The molecule has 0 unspecified atom stereocenters. The van der Waals surface area contributed by atoms with Crippen LogP contribution in [0.1, 0.15) is 16.7 Å². The van der Waals surface area contributed by atoms with Crippen molar-refractivity contribution < 1.29 is 9.32 Å². The molecule has 2 aromatic carbocycles. The highest BCUT2D eigenvalue weighted by molar-refractivity contribution is 5.92. The molecule has 0 saturated carbocycles. The lowest BCUT2D eigenvalue weighted by Gasteiger charge is -2.12. The second kappa shape index (κ2) is 8.43. The quantitative estimate of drug-likeness (QED) is 0.433. The molecule has 3 aromatic heterocycles. The van der Waals surface area contributed by atoms with Gasteiger partial charge in [-0.15, -0.1) is 5.10 Å². The Kier molecular flexibility index (Phi) is 5.29. The van der Waals surface area contributed by atoms with Crippen LogP contribution in [0.2, 0.25) is 0 Å². The van der Waals surface area contributed by atoms with Crippen LogP contribution in [0.25, 0.3) is 28.5 Å². The zero-order chi connectivity index (χ0) is 23.8. The smallest absolute Gasteiger partial charge is 0.333 e. The maximum absolute atomic E-state index is 12.9. The van der Waals surface area contributed by atoms with Crippen molar-refractivity contribution in [1.82, 2.24) is 24.3 Å². The molecule has 0 fully saturated rings. The van der Waals surface area contributed by atoms with Crippen LogP contribution in [0.15, 0.2) is 70.1 Å². The van der Waals surface area contributed by atoms with Crippen molar-refractivity contribution in [2.45, 2.75) is 27.3 Å². The number of pyridine rings is 1. The Morgan fingerprint density at radius 3 is 2.50 bits per heavy atom. The first kappa shape index (κ1) is 21.3. The van der Waals surface area contributed by atoms with Gasteiger partial charge in [0.15, 0.2) is 5.65 Å². The summed E-state index contributed by atoms with van der Waals surface area (Å²) in [6.45, 7) is 5.65. The van der Waals surface area contributed by atoms with Crippen LogP contribution in [-0.4, -0.2) is 30.2 Å². The van der Waals surface area contributed by atoms with E-state index in [0.717, 1.165) is 32.6 Å². The minimum Gasteiger partial charge on any atom is -0.333 e. The Balaban J connectivity index is 1.46. The van der Waals surface area contributed by atoms with Crippen molar-refractivity contribution in [3.63, 3.8) is 0 Å². The summed E-state index contributed by atoms with van der Waals surface area (Å²) < 4.78 is 7.94. The van der Waals surface area contributed by atoms with Gasteiger partial charge in [0.2, 0.25) is 11.7 Å². The molecule has 34 heavy (non-hydrogen) atoms. The Hall–Kier alpha value is -4.53. The largest absolute Gasteiger partial charge is 0.350 e. The second-order valence-corrected chi connectivity index (χ2v) is 8.17. The maximum Gasteiger partial charge on any atom is 0.350 e. The SMILES string of the molecule is Cc1cc(C)c(NC(=O)Cn2nc3c(-c4nc(-c5ccccc5)no4)cccn3c2=O)c(C)c1. The number of carbonyl (C=O) groups is 1. The minimum atomic E-state index is -0.438. The Morgan fingerprint density at radius 1 is 1.03 bits per heavy atom. The predicted molar refractivity (Wildman–Crippen MR) is 127 cm³/mol. The summed E-state index contributed by atoms with van der Waals surface area (Å²) >= 11 is 0. The lowest BCUT2D eigenvalue weighted by Crippen LogP contribution is -2.28. The Labute approximate surface area is 194 Å². The normalized spacial score (nSPS) is 11.1. The van der Waals surface area contributed by atoms with E-state index >= 15 is 0 Å². The number of rotatable bonds is 5. The van der Waals surface area contributed by atoms with Gasteiger partial charge in [0, 0.05) is 17.4 Å². The second-order valence-electron chi connectivity index (χ2n) is 8.17. The van der Waals surface area contributed by atoms with E-state index in [1.807, 2.05) is 63.2 Å². The van der Waals surface area contributed by atoms with Crippen LogP contribution in [0, 0.1) is 20.8 Å². The highest BCUT2D eigenvalue weighted by Gasteiger charge is 2.19. The number of nitrogens with one attached hydrogen (secondary N) is 1. The van der Waals surface area contributed by atoms with Gasteiger partial charge in [0.05, 0.1) is 5.56 Å². The van der Waals surface area contributed by atoms with Gasteiger partial charge in [-0.2, -0.15) is 4.98 Å². The van der Waals surface area contributed by atoms with E-state index in [2.05, 4.69) is 20.6 Å². The molecule has 0 bridgehead atoms. The van der Waals surface area contributed by atoms with Crippen molar-refractivity contribution in [2.24, 2.45) is 0 Å². The zero-order valence-electron chi connectivity index (χ0n) is 18.9. The zero-order valence-corrected chi connectivity index (χ0v) is 18.9. The summed E-state index contributed by atoms with van der Waals surface area (Å²) in [6, 6.07) is 16.9. The highest BCUT2D eigenvalue weighted by Crippen LogP contribution is 2.25. The summed E-state index contributed by atoms with van der Waals surface area (Å²) in [4.78, 5) is 30.1.